The van der Waals surface area contributed by atoms with Gasteiger partial charge >= 0.3 is 5.97 Å². The van der Waals surface area contributed by atoms with Crippen LogP contribution in [0.2, 0.25) is 0 Å². The van der Waals surface area contributed by atoms with Crippen molar-refractivity contribution < 1.29 is 32.2 Å². The highest BCUT2D eigenvalue weighted by Crippen LogP contribution is 2.36. The molecule has 0 aliphatic carbocycles. The molecule has 0 radical (unpaired) electrons. The summed E-state index contributed by atoms with van der Waals surface area (Å²) in [5.41, 5.74) is 1.41. The number of hydrogen-bond donors (Lipinski definition) is 0. The van der Waals surface area contributed by atoms with Gasteiger partial charge in [-0.05, 0) is 49.6 Å². The topological polar surface area (TPSA) is 102 Å². The summed E-state index contributed by atoms with van der Waals surface area (Å²) in [6.45, 7) is 2.29. The zero-order chi connectivity index (χ0) is 24.5. The third kappa shape index (κ3) is 4.47. The quantitative estimate of drug-likeness (QED) is 0.596. The van der Waals surface area contributed by atoms with Crippen LogP contribution in [0.25, 0.3) is 0 Å². The number of fused-ring (bicyclic) bond motifs is 1. The summed E-state index contributed by atoms with van der Waals surface area (Å²) in [5, 5.41) is 0. The Kier molecular flexibility index (Phi) is 6.81. The van der Waals surface area contributed by atoms with Crippen molar-refractivity contribution in [3.8, 4) is 11.5 Å². The molecule has 2 aliphatic rings. The number of benzene rings is 2. The van der Waals surface area contributed by atoms with Crippen LogP contribution in [-0.4, -0.2) is 64.6 Å². The summed E-state index contributed by atoms with van der Waals surface area (Å²) in [6.07, 6.45) is -0.179. The molecule has 1 atom stereocenters. The number of sulfonamides is 1. The number of methoxy groups -OCH3 is 2. The molecule has 9 nitrogen and oxygen atoms in total. The van der Waals surface area contributed by atoms with Crippen molar-refractivity contribution in [1.82, 2.24) is 4.31 Å². The molecule has 1 fully saturated rings. The van der Waals surface area contributed by atoms with E-state index >= 15 is 0 Å². The van der Waals surface area contributed by atoms with Gasteiger partial charge in [0.25, 0.3) is 0 Å². The molecule has 0 saturated carbocycles. The third-order valence-electron chi connectivity index (χ3n) is 6.24. The average Bonchev–Trinajstić information content (AvgIpc) is 2.87. The van der Waals surface area contributed by atoms with E-state index in [1.807, 2.05) is 6.92 Å². The molecule has 0 N–H and O–H groups in total. The lowest BCUT2D eigenvalue weighted by molar-refractivity contribution is -0.148. The van der Waals surface area contributed by atoms with Gasteiger partial charge in [0.05, 0.1) is 26.5 Å². The van der Waals surface area contributed by atoms with E-state index in [0.29, 0.717) is 30.0 Å². The van der Waals surface area contributed by atoms with Crippen molar-refractivity contribution in [2.75, 3.05) is 38.8 Å². The minimum absolute atomic E-state index is 0.0432. The average molecular weight is 489 g/mol. The first-order valence-electron chi connectivity index (χ1n) is 11.1. The first kappa shape index (κ1) is 24.0. The molecule has 2 aliphatic heterocycles. The third-order valence-corrected chi connectivity index (χ3v) is 8.16. The van der Waals surface area contributed by atoms with Crippen molar-refractivity contribution in [2.24, 2.45) is 5.92 Å². The van der Waals surface area contributed by atoms with Crippen molar-refractivity contribution >= 4 is 27.6 Å². The van der Waals surface area contributed by atoms with Gasteiger partial charge in [0, 0.05) is 19.0 Å². The number of amides is 1. The van der Waals surface area contributed by atoms with E-state index in [9.17, 15) is 18.0 Å². The van der Waals surface area contributed by atoms with E-state index in [1.165, 1.54) is 18.5 Å². The second-order valence-electron chi connectivity index (χ2n) is 8.38. The van der Waals surface area contributed by atoms with Crippen LogP contribution in [0.5, 0.6) is 11.5 Å². The highest BCUT2D eigenvalue weighted by molar-refractivity contribution is 7.89. The van der Waals surface area contributed by atoms with Gasteiger partial charge in [-0.25, -0.2) is 13.2 Å². The van der Waals surface area contributed by atoms with Gasteiger partial charge in [-0.2, -0.15) is 4.31 Å². The van der Waals surface area contributed by atoms with E-state index in [2.05, 4.69) is 0 Å². The van der Waals surface area contributed by atoms with E-state index in [0.717, 1.165) is 5.56 Å². The first-order valence-corrected chi connectivity index (χ1v) is 12.5. The molecule has 1 amide bonds. The van der Waals surface area contributed by atoms with E-state index < -0.39 is 22.1 Å². The SMILES string of the molecule is COC(=O)[C@H]1CN(C(=O)C2CCN(S(=O)(=O)c3cc(C)ccc3OC)CC2)c2ccccc2O1. The molecule has 2 aromatic carbocycles. The number of rotatable bonds is 5. The Bertz CT molecular complexity index is 1190. The minimum atomic E-state index is -3.77. The predicted octanol–water partition coefficient (Wildman–Crippen LogP) is 2.37. The Balaban J connectivity index is 1.51. The number of para-hydroxylation sites is 2. The van der Waals surface area contributed by atoms with Crippen molar-refractivity contribution in [3.05, 3.63) is 48.0 Å². The smallest absolute Gasteiger partial charge is 0.348 e. The normalized spacial score (nSPS) is 19.1. The number of hydrogen-bond acceptors (Lipinski definition) is 7. The molecule has 34 heavy (non-hydrogen) atoms. The largest absolute Gasteiger partial charge is 0.495 e. The maximum atomic E-state index is 13.5. The number of aryl methyl sites for hydroxylation is 1. The number of carbonyl (C=O) groups is 2. The summed E-state index contributed by atoms with van der Waals surface area (Å²) in [5.74, 6) is -0.364. The van der Waals surface area contributed by atoms with Crippen LogP contribution in [0.4, 0.5) is 5.69 Å². The number of anilines is 1. The predicted molar refractivity (Wildman–Crippen MR) is 124 cm³/mol. The Morgan fingerprint density at radius 2 is 1.76 bits per heavy atom. The van der Waals surface area contributed by atoms with Gasteiger partial charge in [-0.3, -0.25) is 4.79 Å². The van der Waals surface area contributed by atoms with Crippen molar-refractivity contribution in [2.45, 2.75) is 30.8 Å². The number of esters is 1. The monoisotopic (exact) mass is 488 g/mol. The van der Waals surface area contributed by atoms with Crippen molar-refractivity contribution in [1.29, 1.82) is 0 Å². The van der Waals surface area contributed by atoms with Crippen LogP contribution in [-0.2, 0) is 24.3 Å². The summed E-state index contributed by atoms with van der Waals surface area (Å²) >= 11 is 0. The molecule has 10 heteroatoms. The molecule has 182 valence electrons. The minimum Gasteiger partial charge on any atom is -0.495 e. The Morgan fingerprint density at radius 3 is 2.44 bits per heavy atom. The van der Waals surface area contributed by atoms with Gasteiger partial charge in [-0.1, -0.05) is 18.2 Å². The Labute approximate surface area is 199 Å². The van der Waals surface area contributed by atoms with Crippen LogP contribution in [0.3, 0.4) is 0 Å². The summed E-state index contributed by atoms with van der Waals surface area (Å²) in [4.78, 5) is 27.3. The summed E-state index contributed by atoms with van der Waals surface area (Å²) in [7, 11) is -1.05. The zero-order valence-electron chi connectivity index (χ0n) is 19.4. The highest BCUT2D eigenvalue weighted by atomic mass is 32.2. The van der Waals surface area contributed by atoms with Crippen molar-refractivity contribution in [3.63, 3.8) is 0 Å². The van der Waals surface area contributed by atoms with Crippen LogP contribution in [0.15, 0.2) is 47.4 Å². The molecule has 4 rings (SSSR count). The second-order valence-corrected chi connectivity index (χ2v) is 10.3. The molecule has 2 heterocycles. The van der Waals surface area contributed by atoms with E-state index in [1.54, 1.807) is 47.4 Å². The fourth-order valence-electron chi connectivity index (χ4n) is 4.39. The molecular weight excluding hydrogens is 460 g/mol. The first-order chi connectivity index (χ1) is 16.3. The number of carbonyl (C=O) groups excluding carboxylic acids is 2. The van der Waals surface area contributed by atoms with Gasteiger partial charge < -0.3 is 19.1 Å². The fourth-order valence-corrected chi connectivity index (χ4v) is 6.10. The molecule has 1 saturated heterocycles. The Morgan fingerprint density at radius 1 is 1.06 bits per heavy atom. The maximum Gasteiger partial charge on any atom is 0.348 e. The molecular formula is C24H28N2O7S. The number of nitrogens with zero attached hydrogens (tertiary/aromatic N) is 2. The van der Waals surface area contributed by atoms with Crippen LogP contribution < -0.4 is 14.4 Å². The summed E-state index contributed by atoms with van der Waals surface area (Å²) in [6, 6.07) is 12.1. The number of piperidine rings is 1. The maximum absolute atomic E-state index is 13.5. The molecule has 0 unspecified atom stereocenters. The highest BCUT2D eigenvalue weighted by Gasteiger charge is 2.39. The Hall–Kier alpha value is -3.11. The molecule has 0 bridgehead atoms. The van der Waals surface area contributed by atoms with Gasteiger partial charge in [-0.15, -0.1) is 0 Å². The lowest BCUT2D eigenvalue weighted by atomic mass is 9.95. The van der Waals surface area contributed by atoms with Crippen LogP contribution in [0.1, 0.15) is 18.4 Å². The summed E-state index contributed by atoms with van der Waals surface area (Å²) < 4.78 is 43.8. The molecule has 0 aromatic heterocycles. The van der Waals surface area contributed by atoms with Gasteiger partial charge in [0.1, 0.15) is 16.4 Å². The van der Waals surface area contributed by atoms with Crippen LogP contribution >= 0.6 is 0 Å². The van der Waals surface area contributed by atoms with E-state index in [-0.39, 0.29) is 36.4 Å². The van der Waals surface area contributed by atoms with Gasteiger partial charge in [0.15, 0.2) is 0 Å². The number of ether oxygens (including phenoxy) is 3. The second kappa shape index (κ2) is 9.63. The fraction of sp³-hybridized carbons (Fsp3) is 0.417. The van der Waals surface area contributed by atoms with Gasteiger partial charge in [0.2, 0.25) is 22.0 Å². The van der Waals surface area contributed by atoms with E-state index in [4.69, 9.17) is 14.2 Å². The lowest BCUT2D eigenvalue weighted by Gasteiger charge is -2.37. The lowest BCUT2D eigenvalue weighted by Crippen LogP contribution is -2.51. The van der Waals surface area contributed by atoms with Crippen LogP contribution in [0, 0.1) is 12.8 Å². The molecule has 0 spiro atoms. The molecule has 2 aromatic rings. The zero-order valence-corrected chi connectivity index (χ0v) is 20.2. The standard InChI is InChI=1S/C24H28N2O7S/c1-16-8-9-20(31-2)22(14-16)34(29,30)25-12-10-17(11-13-25)23(27)26-15-21(24(28)32-3)33-19-7-5-4-6-18(19)26/h4-9,14,17,21H,10-13,15H2,1-3H3/t21-/m1/s1.